The molecule has 2 atom stereocenters. The number of hydrogen-bond donors (Lipinski definition) is 3. The number of nitrogens with one attached hydrogen (secondary N) is 2. The fourth-order valence-electron chi connectivity index (χ4n) is 5.86. The Morgan fingerprint density at radius 2 is 1.82 bits per heavy atom. The van der Waals surface area contributed by atoms with E-state index < -0.39 is 22.5 Å². The molecule has 0 aromatic heterocycles. The van der Waals surface area contributed by atoms with Crippen molar-refractivity contribution in [1.82, 2.24) is 10.2 Å². The van der Waals surface area contributed by atoms with Gasteiger partial charge in [-0.25, -0.2) is 4.79 Å². The number of nitrogens with zero attached hydrogens (tertiary/aromatic N) is 3. The van der Waals surface area contributed by atoms with Gasteiger partial charge in [0.05, 0.1) is 10.5 Å². The monoisotopic (exact) mass is 535 g/mol. The summed E-state index contributed by atoms with van der Waals surface area (Å²) >= 11 is 0. The molecule has 0 unspecified atom stereocenters. The molecule has 2 aromatic carbocycles. The molecule has 1 saturated carbocycles. The highest BCUT2D eigenvalue weighted by atomic mass is 16.6. The molecule has 2 aliphatic heterocycles. The van der Waals surface area contributed by atoms with E-state index in [4.69, 9.17) is 0 Å². The smallest absolute Gasteiger partial charge is 0.407 e. The van der Waals surface area contributed by atoms with Crippen LogP contribution in [0.2, 0.25) is 0 Å². The predicted octanol–water partition coefficient (Wildman–Crippen LogP) is 4.40. The van der Waals surface area contributed by atoms with Crippen molar-refractivity contribution in [2.24, 2.45) is 5.41 Å². The normalized spacial score (nSPS) is 22.1. The molecular formula is C28H33N5O6. The van der Waals surface area contributed by atoms with Crippen LogP contribution in [0.15, 0.2) is 36.4 Å². The average Bonchev–Trinajstić information content (AvgIpc) is 3.47. The average molecular weight is 536 g/mol. The Bertz CT molecular complexity index is 1380. The van der Waals surface area contributed by atoms with E-state index in [0.29, 0.717) is 42.0 Å². The predicted molar refractivity (Wildman–Crippen MR) is 145 cm³/mol. The Morgan fingerprint density at radius 3 is 2.44 bits per heavy atom. The molecule has 3 amide bonds. The Balaban J connectivity index is 1.44. The second kappa shape index (κ2) is 9.25. The van der Waals surface area contributed by atoms with Crippen molar-refractivity contribution < 1.29 is 24.4 Å². The van der Waals surface area contributed by atoms with E-state index in [-0.39, 0.29) is 34.7 Å². The second-order valence-corrected chi connectivity index (χ2v) is 11.9. The molecular weight excluding hydrogens is 502 g/mol. The van der Waals surface area contributed by atoms with Crippen molar-refractivity contribution in [3.63, 3.8) is 0 Å². The first kappa shape index (κ1) is 26.5. The minimum Gasteiger partial charge on any atom is -0.465 e. The Hall–Kier alpha value is -4.15. The van der Waals surface area contributed by atoms with Gasteiger partial charge in [0.15, 0.2) is 0 Å². The van der Waals surface area contributed by atoms with Gasteiger partial charge in [0.25, 0.3) is 17.5 Å². The largest absolute Gasteiger partial charge is 0.465 e. The number of nitro benzene ring substituents is 1. The highest BCUT2D eigenvalue weighted by molar-refractivity contribution is 6.08. The molecule has 2 aromatic rings. The third-order valence-corrected chi connectivity index (χ3v) is 8.40. The summed E-state index contributed by atoms with van der Waals surface area (Å²) in [5.41, 5.74) is 0.730. The number of rotatable bonds is 6. The summed E-state index contributed by atoms with van der Waals surface area (Å²) in [7, 11) is 0. The zero-order valence-corrected chi connectivity index (χ0v) is 22.5. The van der Waals surface area contributed by atoms with E-state index in [1.165, 1.54) is 17.0 Å². The van der Waals surface area contributed by atoms with Crippen LogP contribution in [-0.4, -0.2) is 63.5 Å². The van der Waals surface area contributed by atoms with Crippen LogP contribution in [0, 0.1) is 22.5 Å². The molecule has 2 heterocycles. The number of anilines is 2. The van der Waals surface area contributed by atoms with Crippen molar-refractivity contribution in [2.75, 3.05) is 23.3 Å². The Kier molecular flexibility index (Phi) is 6.27. The van der Waals surface area contributed by atoms with Crippen LogP contribution in [0.5, 0.6) is 0 Å². The Morgan fingerprint density at radius 1 is 1.10 bits per heavy atom. The highest BCUT2D eigenvalue weighted by Crippen LogP contribution is 2.51. The van der Waals surface area contributed by atoms with Crippen LogP contribution in [0.25, 0.3) is 0 Å². The molecule has 11 heteroatoms. The van der Waals surface area contributed by atoms with Crippen LogP contribution < -0.4 is 15.5 Å². The van der Waals surface area contributed by atoms with E-state index >= 15 is 0 Å². The summed E-state index contributed by atoms with van der Waals surface area (Å²) < 4.78 is 0. The quantitative estimate of drug-likeness (QED) is 0.367. The number of amides is 3. The van der Waals surface area contributed by atoms with E-state index in [1.807, 2.05) is 20.8 Å². The maximum absolute atomic E-state index is 13.4. The van der Waals surface area contributed by atoms with E-state index in [0.717, 1.165) is 12.8 Å². The summed E-state index contributed by atoms with van der Waals surface area (Å²) in [5.74, 6) is -0.887. The van der Waals surface area contributed by atoms with E-state index in [1.54, 1.807) is 31.2 Å². The molecule has 0 radical (unpaired) electrons. The third kappa shape index (κ3) is 4.66. The summed E-state index contributed by atoms with van der Waals surface area (Å²) in [5, 5.41) is 27.4. The lowest BCUT2D eigenvalue weighted by Crippen LogP contribution is -2.61. The maximum Gasteiger partial charge on any atom is 0.407 e. The molecule has 5 rings (SSSR count). The first-order valence-electron chi connectivity index (χ1n) is 13.1. The van der Waals surface area contributed by atoms with E-state index in [2.05, 4.69) is 15.5 Å². The third-order valence-electron chi connectivity index (χ3n) is 8.40. The molecule has 3 aliphatic rings. The van der Waals surface area contributed by atoms with Gasteiger partial charge in [0.1, 0.15) is 5.56 Å². The first-order valence-corrected chi connectivity index (χ1v) is 13.1. The SMILES string of the molecule is Cc1ccc(C(=O)NC2CC2)cc1NC(=O)c1cc(N2C[C@@]3(C(C)(C)C)C[C@H]2CN3C(=O)O)ccc1[N+](=O)[O-]. The highest BCUT2D eigenvalue weighted by Gasteiger charge is 2.61. The Labute approximate surface area is 226 Å². The lowest BCUT2D eigenvalue weighted by Gasteiger charge is -2.48. The molecule has 39 heavy (non-hydrogen) atoms. The summed E-state index contributed by atoms with van der Waals surface area (Å²) in [6.07, 6.45) is 1.57. The molecule has 2 saturated heterocycles. The van der Waals surface area contributed by atoms with Gasteiger partial charge in [0.2, 0.25) is 0 Å². The zero-order chi connectivity index (χ0) is 28.3. The molecule has 206 valence electrons. The molecule has 1 aliphatic carbocycles. The van der Waals surface area contributed by atoms with Gasteiger partial charge in [0, 0.05) is 48.2 Å². The topological polar surface area (TPSA) is 145 Å². The number of benzene rings is 2. The molecule has 3 fully saturated rings. The number of fused-ring (bicyclic) bond motifs is 2. The van der Waals surface area contributed by atoms with Gasteiger partial charge in [-0.05, 0) is 61.4 Å². The molecule has 0 spiro atoms. The standard InChI is InChI=1S/C28H33N5O6/c1-16-5-6-17(24(34)29-18-7-8-18)11-22(16)30-25(35)21-12-19(9-10-23(21)33(38)39)31-15-28(27(2,3)4)13-20(31)14-32(28)26(36)37/h5-6,9-12,18,20H,7-8,13-15H2,1-4H3,(H,29,34)(H,30,35)(H,36,37)/t20-,28+/m0/s1. The fraction of sp³-hybridized carbons (Fsp3) is 0.464. The zero-order valence-electron chi connectivity index (χ0n) is 22.5. The van der Waals surface area contributed by atoms with Gasteiger partial charge in [-0.2, -0.15) is 0 Å². The van der Waals surface area contributed by atoms with Gasteiger partial charge in [-0.15, -0.1) is 0 Å². The van der Waals surface area contributed by atoms with Crippen LogP contribution >= 0.6 is 0 Å². The number of nitro groups is 1. The van der Waals surface area contributed by atoms with Crippen molar-refractivity contribution >= 4 is 35.0 Å². The van der Waals surface area contributed by atoms with Crippen LogP contribution in [0.1, 0.15) is 66.3 Å². The number of carboxylic acid groups (broad SMARTS) is 1. The second-order valence-electron chi connectivity index (χ2n) is 11.9. The fourth-order valence-corrected chi connectivity index (χ4v) is 5.86. The summed E-state index contributed by atoms with van der Waals surface area (Å²) in [6, 6.07) is 9.50. The van der Waals surface area contributed by atoms with Crippen LogP contribution in [0.4, 0.5) is 21.9 Å². The number of piperazine rings is 1. The van der Waals surface area contributed by atoms with Crippen molar-refractivity contribution in [3.8, 4) is 0 Å². The van der Waals surface area contributed by atoms with Gasteiger partial charge in [-0.3, -0.25) is 24.6 Å². The number of aryl methyl sites for hydroxylation is 1. The number of carbonyl (C=O) groups is 3. The van der Waals surface area contributed by atoms with Gasteiger partial charge in [-0.1, -0.05) is 26.8 Å². The lowest BCUT2D eigenvalue weighted by atomic mass is 9.73. The van der Waals surface area contributed by atoms with Gasteiger partial charge < -0.3 is 20.6 Å². The summed E-state index contributed by atoms with van der Waals surface area (Å²) in [4.78, 5) is 52.8. The molecule has 11 nitrogen and oxygen atoms in total. The first-order chi connectivity index (χ1) is 18.3. The number of hydrogen-bond acceptors (Lipinski definition) is 6. The minimum absolute atomic E-state index is 0.104. The lowest BCUT2D eigenvalue weighted by molar-refractivity contribution is -0.385. The maximum atomic E-state index is 13.4. The minimum atomic E-state index is -0.959. The molecule has 2 bridgehead atoms. The van der Waals surface area contributed by atoms with Gasteiger partial charge >= 0.3 is 6.09 Å². The number of carbonyl (C=O) groups excluding carboxylic acids is 2. The van der Waals surface area contributed by atoms with Crippen molar-refractivity contribution in [3.05, 3.63) is 63.2 Å². The van der Waals surface area contributed by atoms with Crippen LogP contribution in [-0.2, 0) is 0 Å². The van der Waals surface area contributed by atoms with Crippen molar-refractivity contribution in [2.45, 2.75) is 64.6 Å². The molecule has 3 N–H and O–H groups in total. The number of likely N-dealkylation sites (tertiary alicyclic amines) is 1. The van der Waals surface area contributed by atoms with E-state index in [9.17, 15) is 29.6 Å². The summed E-state index contributed by atoms with van der Waals surface area (Å²) in [6.45, 7) is 8.58. The van der Waals surface area contributed by atoms with Crippen LogP contribution in [0.3, 0.4) is 0 Å². The van der Waals surface area contributed by atoms with Crippen molar-refractivity contribution in [1.29, 1.82) is 0 Å².